The highest BCUT2D eigenvalue weighted by molar-refractivity contribution is 5.43. The third kappa shape index (κ3) is 3.01. The average Bonchev–Trinajstić information content (AvgIpc) is 2.84. The summed E-state index contributed by atoms with van der Waals surface area (Å²) in [5.74, 6) is 1.63. The van der Waals surface area contributed by atoms with Crippen LogP contribution in [-0.2, 0) is 6.42 Å². The van der Waals surface area contributed by atoms with Crippen molar-refractivity contribution in [3.8, 4) is 11.5 Å². The molecule has 1 saturated heterocycles. The van der Waals surface area contributed by atoms with Crippen LogP contribution >= 0.6 is 0 Å². The zero-order valence-corrected chi connectivity index (χ0v) is 10.2. The summed E-state index contributed by atoms with van der Waals surface area (Å²) in [6, 6.07) is 6.05. The minimum atomic E-state index is 0.258. The van der Waals surface area contributed by atoms with Crippen molar-refractivity contribution in [1.82, 2.24) is 5.32 Å². The van der Waals surface area contributed by atoms with Gasteiger partial charge < -0.3 is 14.8 Å². The van der Waals surface area contributed by atoms with E-state index in [1.165, 1.54) is 5.56 Å². The van der Waals surface area contributed by atoms with Gasteiger partial charge in [0, 0.05) is 6.54 Å². The zero-order chi connectivity index (χ0) is 12.1. The monoisotopic (exact) mass is 233 g/mol. The highest BCUT2D eigenvalue weighted by Crippen LogP contribution is 2.29. The Labute approximate surface area is 102 Å². The number of ether oxygens (including phenoxy) is 2. The van der Waals surface area contributed by atoms with Crippen molar-refractivity contribution in [2.45, 2.75) is 18.9 Å². The standard InChI is InChI=1S/C14H19NO2/c1-3-4-11-5-6-13(14(9-11)16-2)17-12-7-8-15-10-12/h3,5-6,9,12,15H,1,4,7-8,10H2,2H3/t12-/m0/s1. The van der Waals surface area contributed by atoms with Crippen molar-refractivity contribution >= 4 is 0 Å². The molecule has 0 aromatic heterocycles. The molecule has 1 atom stereocenters. The van der Waals surface area contributed by atoms with E-state index in [1.807, 2.05) is 18.2 Å². The van der Waals surface area contributed by atoms with E-state index in [9.17, 15) is 0 Å². The van der Waals surface area contributed by atoms with Gasteiger partial charge in [0.15, 0.2) is 11.5 Å². The summed E-state index contributed by atoms with van der Waals surface area (Å²) in [5, 5.41) is 3.28. The van der Waals surface area contributed by atoms with Crippen LogP contribution in [0.25, 0.3) is 0 Å². The Morgan fingerprint density at radius 2 is 2.35 bits per heavy atom. The van der Waals surface area contributed by atoms with Crippen LogP contribution < -0.4 is 14.8 Å². The lowest BCUT2D eigenvalue weighted by atomic mass is 10.1. The maximum absolute atomic E-state index is 5.92. The van der Waals surface area contributed by atoms with E-state index in [2.05, 4.69) is 18.0 Å². The van der Waals surface area contributed by atoms with Crippen molar-refractivity contribution in [3.05, 3.63) is 36.4 Å². The molecule has 0 aliphatic carbocycles. The summed E-state index contributed by atoms with van der Waals surface area (Å²) in [7, 11) is 1.67. The van der Waals surface area contributed by atoms with E-state index in [4.69, 9.17) is 9.47 Å². The second-order valence-electron chi connectivity index (χ2n) is 4.21. The molecule has 1 aliphatic rings. The first kappa shape index (κ1) is 12.0. The Balaban J connectivity index is 2.12. The molecule has 1 N–H and O–H groups in total. The SMILES string of the molecule is C=CCc1ccc(O[C@H]2CCNC2)c(OC)c1. The Kier molecular flexibility index (Phi) is 4.04. The highest BCUT2D eigenvalue weighted by Gasteiger charge is 2.17. The van der Waals surface area contributed by atoms with Gasteiger partial charge in [0.25, 0.3) is 0 Å². The molecule has 0 saturated carbocycles. The normalized spacial score (nSPS) is 19.0. The van der Waals surface area contributed by atoms with Crippen LogP contribution in [0.4, 0.5) is 0 Å². The summed E-state index contributed by atoms with van der Waals surface area (Å²) in [6.07, 6.45) is 4.05. The molecule has 2 rings (SSSR count). The summed E-state index contributed by atoms with van der Waals surface area (Å²) in [6.45, 7) is 5.68. The Morgan fingerprint density at radius 3 is 3.00 bits per heavy atom. The molecule has 1 aliphatic heterocycles. The molecule has 0 spiro atoms. The van der Waals surface area contributed by atoms with E-state index in [-0.39, 0.29) is 6.10 Å². The fourth-order valence-corrected chi connectivity index (χ4v) is 2.01. The van der Waals surface area contributed by atoms with Crippen molar-refractivity contribution < 1.29 is 9.47 Å². The summed E-state index contributed by atoms with van der Waals surface area (Å²) in [4.78, 5) is 0. The van der Waals surface area contributed by atoms with Crippen LogP contribution in [0.1, 0.15) is 12.0 Å². The van der Waals surface area contributed by atoms with Gasteiger partial charge >= 0.3 is 0 Å². The predicted molar refractivity (Wildman–Crippen MR) is 68.8 cm³/mol. The van der Waals surface area contributed by atoms with E-state index in [0.29, 0.717) is 0 Å². The molecule has 0 unspecified atom stereocenters. The van der Waals surface area contributed by atoms with Gasteiger partial charge in [-0.15, -0.1) is 6.58 Å². The molecule has 1 aromatic rings. The molecule has 0 radical (unpaired) electrons. The Bertz CT molecular complexity index is 384. The molecule has 1 fully saturated rings. The lowest BCUT2D eigenvalue weighted by Gasteiger charge is -2.16. The minimum absolute atomic E-state index is 0.258. The fourth-order valence-electron chi connectivity index (χ4n) is 2.01. The number of methoxy groups -OCH3 is 1. The molecule has 3 heteroatoms. The van der Waals surface area contributed by atoms with Crippen LogP contribution in [0.15, 0.2) is 30.9 Å². The topological polar surface area (TPSA) is 30.5 Å². The number of nitrogens with one attached hydrogen (secondary N) is 1. The quantitative estimate of drug-likeness (QED) is 0.791. The Morgan fingerprint density at radius 1 is 1.47 bits per heavy atom. The largest absolute Gasteiger partial charge is 0.493 e. The highest BCUT2D eigenvalue weighted by atomic mass is 16.5. The third-order valence-electron chi connectivity index (χ3n) is 2.92. The van der Waals surface area contributed by atoms with Gasteiger partial charge in [-0.1, -0.05) is 12.1 Å². The molecule has 3 nitrogen and oxygen atoms in total. The van der Waals surface area contributed by atoms with Gasteiger partial charge in [-0.05, 0) is 37.1 Å². The van der Waals surface area contributed by atoms with E-state index < -0.39 is 0 Å². The first-order chi connectivity index (χ1) is 8.33. The molecule has 1 heterocycles. The van der Waals surface area contributed by atoms with Gasteiger partial charge in [-0.2, -0.15) is 0 Å². The predicted octanol–water partition coefficient (Wildman–Crippen LogP) is 2.16. The first-order valence-corrected chi connectivity index (χ1v) is 5.98. The van der Waals surface area contributed by atoms with Gasteiger partial charge in [-0.25, -0.2) is 0 Å². The van der Waals surface area contributed by atoms with E-state index in [0.717, 1.165) is 37.4 Å². The summed E-state index contributed by atoms with van der Waals surface area (Å²) in [5.41, 5.74) is 1.19. The molecule has 0 amide bonds. The van der Waals surface area contributed by atoms with Crippen LogP contribution in [0, 0.1) is 0 Å². The van der Waals surface area contributed by atoms with Gasteiger partial charge in [-0.3, -0.25) is 0 Å². The maximum Gasteiger partial charge on any atom is 0.161 e. The van der Waals surface area contributed by atoms with Gasteiger partial charge in [0.1, 0.15) is 6.10 Å². The zero-order valence-electron chi connectivity index (χ0n) is 10.2. The van der Waals surface area contributed by atoms with E-state index in [1.54, 1.807) is 7.11 Å². The molecular formula is C14H19NO2. The third-order valence-corrected chi connectivity index (χ3v) is 2.92. The van der Waals surface area contributed by atoms with Crippen molar-refractivity contribution in [3.63, 3.8) is 0 Å². The molecule has 0 bridgehead atoms. The number of benzene rings is 1. The lowest BCUT2D eigenvalue weighted by molar-refractivity contribution is 0.212. The summed E-state index contributed by atoms with van der Waals surface area (Å²) < 4.78 is 11.3. The van der Waals surface area contributed by atoms with E-state index >= 15 is 0 Å². The molecular weight excluding hydrogens is 214 g/mol. The van der Waals surface area contributed by atoms with Crippen LogP contribution in [0.3, 0.4) is 0 Å². The van der Waals surface area contributed by atoms with Crippen molar-refractivity contribution in [2.24, 2.45) is 0 Å². The second kappa shape index (κ2) is 5.73. The average molecular weight is 233 g/mol. The van der Waals surface area contributed by atoms with Crippen LogP contribution in [0.2, 0.25) is 0 Å². The van der Waals surface area contributed by atoms with Crippen LogP contribution in [-0.4, -0.2) is 26.3 Å². The molecule has 1 aromatic carbocycles. The van der Waals surface area contributed by atoms with Crippen molar-refractivity contribution in [1.29, 1.82) is 0 Å². The maximum atomic E-state index is 5.92. The number of allylic oxidation sites excluding steroid dienone is 1. The van der Waals surface area contributed by atoms with Crippen LogP contribution in [0.5, 0.6) is 11.5 Å². The lowest BCUT2D eigenvalue weighted by Crippen LogP contribution is -2.19. The second-order valence-corrected chi connectivity index (χ2v) is 4.21. The Hall–Kier alpha value is -1.48. The number of rotatable bonds is 5. The number of hydrogen-bond acceptors (Lipinski definition) is 3. The summed E-state index contributed by atoms with van der Waals surface area (Å²) >= 11 is 0. The fraction of sp³-hybridized carbons (Fsp3) is 0.429. The number of hydrogen-bond donors (Lipinski definition) is 1. The van der Waals surface area contributed by atoms with Gasteiger partial charge in [0.2, 0.25) is 0 Å². The first-order valence-electron chi connectivity index (χ1n) is 5.98. The van der Waals surface area contributed by atoms with Gasteiger partial charge in [0.05, 0.1) is 7.11 Å². The molecule has 92 valence electrons. The molecule has 17 heavy (non-hydrogen) atoms. The smallest absolute Gasteiger partial charge is 0.161 e. The minimum Gasteiger partial charge on any atom is -0.493 e. The van der Waals surface area contributed by atoms with Crippen molar-refractivity contribution in [2.75, 3.05) is 20.2 Å².